The van der Waals surface area contributed by atoms with Crippen LogP contribution in [-0.4, -0.2) is 5.91 Å². The fourth-order valence-corrected chi connectivity index (χ4v) is 2.46. The van der Waals surface area contributed by atoms with Gasteiger partial charge in [-0.3, -0.25) is 4.79 Å². The van der Waals surface area contributed by atoms with Crippen LogP contribution in [0.25, 0.3) is 0 Å². The highest BCUT2D eigenvalue weighted by Crippen LogP contribution is 2.18. The summed E-state index contributed by atoms with van der Waals surface area (Å²) in [6, 6.07) is 15.5. The summed E-state index contributed by atoms with van der Waals surface area (Å²) in [4.78, 5) is 12.1. The lowest BCUT2D eigenvalue weighted by atomic mass is 10.0. The van der Waals surface area contributed by atoms with E-state index in [-0.39, 0.29) is 11.9 Å². The van der Waals surface area contributed by atoms with Crippen LogP contribution in [0.2, 0.25) is 5.02 Å². The molecule has 3 heteroatoms. The van der Waals surface area contributed by atoms with Crippen LogP contribution in [0.1, 0.15) is 29.7 Å². The quantitative estimate of drug-likeness (QED) is 0.902. The zero-order valence-electron chi connectivity index (χ0n) is 11.7. The summed E-state index contributed by atoms with van der Waals surface area (Å²) < 4.78 is 0. The van der Waals surface area contributed by atoms with Crippen LogP contribution in [0, 0.1) is 6.92 Å². The largest absolute Gasteiger partial charge is 0.349 e. The monoisotopic (exact) mass is 287 g/mol. The number of carbonyl (C=O) groups excluding carboxylic acids is 1. The second kappa shape index (κ2) is 6.58. The zero-order chi connectivity index (χ0) is 14.5. The first-order valence-electron chi connectivity index (χ1n) is 6.66. The van der Waals surface area contributed by atoms with E-state index < -0.39 is 0 Å². The molecule has 104 valence electrons. The molecule has 0 heterocycles. The van der Waals surface area contributed by atoms with E-state index in [1.54, 1.807) is 6.07 Å². The van der Waals surface area contributed by atoms with E-state index in [2.05, 4.69) is 5.32 Å². The fourth-order valence-electron chi connectivity index (χ4n) is 2.26. The number of carbonyl (C=O) groups is 1. The van der Waals surface area contributed by atoms with E-state index in [4.69, 9.17) is 11.6 Å². The summed E-state index contributed by atoms with van der Waals surface area (Å²) in [5.74, 6) is -0.0196. The van der Waals surface area contributed by atoms with Crippen LogP contribution in [-0.2, 0) is 11.2 Å². The van der Waals surface area contributed by atoms with Crippen molar-refractivity contribution >= 4 is 17.5 Å². The van der Waals surface area contributed by atoms with E-state index in [0.717, 1.165) is 11.1 Å². The minimum atomic E-state index is -0.0196. The average Bonchev–Trinajstić information content (AvgIpc) is 2.41. The molecule has 0 saturated heterocycles. The molecule has 1 atom stereocenters. The summed E-state index contributed by atoms with van der Waals surface area (Å²) in [6.07, 6.45) is 0.301. The van der Waals surface area contributed by atoms with Crippen molar-refractivity contribution in [2.24, 2.45) is 0 Å². The van der Waals surface area contributed by atoms with Gasteiger partial charge >= 0.3 is 0 Å². The number of rotatable bonds is 4. The maximum absolute atomic E-state index is 12.1. The van der Waals surface area contributed by atoms with Crippen LogP contribution in [0.4, 0.5) is 0 Å². The van der Waals surface area contributed by atoms with Gasteiger partial charge in [-0.05, 0) is 36.6 Å². The van der Waals surface area contributed by atoms with Crippen LogP contribution < -0.4 is 5.32 Å². The van der Waals surface area contributed by atoms with Gasteiger partial charge in [0, 0.05) is 5.02 Å². The molecule has 0 radical (unpaired) electrons. The van der Waals surface area contributed by atoms with E-state index in [0.29, 0.717) is 11.4 Å². The molecule has 0 aromatic heterocycles. The second-order valence-corrected chi connectivity index (χ2v) is 5.32. The lowest BCUT2D eigenvalue weighted by Gasteiger charge is -2.16. The van der Waals surface area contributed by atoms with Crippen molar-refractivity contribution in [3.63, 3.8) is 0 Å². The van der Waals surface area contributed by atoms with Gasteiger partial charge < -0.3 is 5.32 Å². The third-order valence-corrected chi connectivity index (χ3v) is 3.71. The Morgan fingerprint density at radius 1 is 1.15 bits per heavy atom. The van der Waals surface area contributed by atoms with Crippen LogP contribution in [0.15, 0.2) is 48.5 Å². The first-order chi connectivity index (χ1) is 9.58. The molecule has 2 aromatic rings. The van der Waals surface area contributed by atoms with Crippen molar-refractivity contribution in [3.05, 3.63) is 70.2 Å². The first kappa shape index (κ1) is 14.6. The summed E-state index contributed by atoms with van der Waals surface area (Å²) in [5, 5.41) is 3.65. The van der Waals surface area contributed by atoms with E-state index in [9.17, 15) is 4.79 Å². The summed E-state index contributed by atoms with van der Waals surface area (Å²) >= 11 is 6.07. The Balaban J connectivity index is 2.02. The molecule has 0 unspecified atom stereocenters. The highest BCUT2D eigenvalue weighted by Gasteiger charge is 2.12. The summed E-state index contributed by atoms with van der Waals surface area (Å²) in [5.41, 5.74) is 3.17. The predicted octanol–water partition coefficient (Wildman–Crippen LogP) is 4.07. The predicted molar refractivity (Wildman–Crippen MR) is 82.9 cm³/mol. The molecule has 1 amide bonds. The Labute approximate surface area is 124 Å². The lowest BCUT2D eigenvalue weighted by molar-refractivity contribution is -0.121. The normalized spacial score (nSPS) is 11.9. The molecular formula is C17H18ClNO. The zero-order valence-corrected chi connectivity index (χ0v) is 12.4. The minimum Gasteiger partial charge on any atom is -0.349 e. The Kier molecular flexibility index (Phi) is 4.80. The summed E-state index contributed by atoms with van der Waals surface area (Å²) in [6.45, 7) is 4.04. The number of halogens is 1. The number of nitrogens with one attached hydrogen (secondary N) is 1. The SMILES string of the molecule is Cc1ccccc1[C@@H](C)NC(=O)Cc1ccccc1Cl. The van der Waals surface area contributed by atoms with Crippen LogP contribution in [0.3, 0.4) is 0 Å². The molecule has 2 aromatic carbocycles. The minimum absolute atomic E-state index is 0.00816. The van der Waals surface area contributed by atoms with Gasteiger partial charge in [0.15, 0.2) is 0 Å². The number of amides is 1. The second-order valence-electron chi connectivity index (χ2n) is 4.91. The van der Waals surface area contributed by atoms with Crippen molar-refractivity contribution in [3.8, 4) is 0 Å². The van der Waals surface area contributed by atoms with Gasteiger partial charge in [0.1, 0.15) is 0 Å². The molecule has 0 spiro atoms. The van der Waals surface area contributed by atoms with Gasteiger partial charge in [0.2, 0.25) is 5.91 Å². The third-order valence-electron chi connectivity index (χ3n) is 3.34. The van der Waals surface area contributed by atoms with Crippen molar-refractivity contribution < 1.29 is 4.79 Å². The van der Waals surface area contributed by atoms with Gasteiger partial charge in [-0.1, -0.05) is 54.1 Å². The first-order valence-corrected chi connectivity index (χ1v) is 7.04. The molecule has 1 N–H and O–H groups in total. The fraction of sp³-hybridized carbons (Fsp3) is 0.235. The molecule has 0 aliphatic heterocycles. The van der Waals surface area contributed by atoms with Gasteiger partial charge in [0.05, 0.1) is 12.5 Å². The number of aryl methyl sites for hydroxylation is 1. The standard InChI is InChI=1S/C17H18ClNO/c1-12-7-3-5-9-15(12)13(2)19-17(20)11-14-8-4-6-10-16(14)18/h3-10,13H,11H2,1-2H3,(H,19,20)/t13-/m1/s1. The highest BCUT2D eigenvalue weighted by molar-refractivity contribution is 6.31. The van der Waals surface area contributed by atoms with Gasteiger partial charge in [-0.2, -0.15) is 0 Å². The molecule has 0 aliphatic carbocycles. The molecule has 0 saturated carbocycles. The smallest absolute Gasteiger partial charge is 0.224 e. The Morgan fingerprint density at radius 3 is 2.50 bits per heavy atom. The topological polar surface area (TPSA) is 29.1 Å². The lowest BCUT2D eigenvalue weighted by Crippen LogP contribution is -2.28. The van der Waals surface area contributed by atoms with Crippen LogP contribution in [0.5, 0.6) is 0 Å². The Bertz CT molecular complexity index is 609. The Morgan fingerprint density at radius 2 is 1.80 bits per heavy atom. The van der Waals surface area contributed by atoms with E-state index in [1.165, 1.54) is 5.56 Å². The van der Waals surface area contributed by atoms with Crippen LogP contribution >= 0.6 is 11.6 Å². The maximum Gasteiger partial charge on any atom is 0.224 e. The van der Waals surface area contributed by atoms with Gasteiger partial charge in [0.25, 0.3) is 0 Å². The van der Waals surface area contributed by atoms with Crippen molar-refractivity contribution in [1.82, 2.24) is 5.32 Å². The highest BCUT2D eigenvalue weighted by atomic mass is 35.5. The van der Waals surface area contributed by atoms with E-state index in [1.807, 2.05) is 56.3 Å². The summed E-state index contributed by atoms with van der Waals surface area (Å²) in [7, 11) is 0. The molecular weight excluding hydrogens is 270 g/mol. The molecule has 0 bridgehead atoms. The van der Waals surface area contributed by atoms with Gasteiger partial charge in [-0.25, -0.2) is 0 Å². The van der Waals surface area contributed by atoms with Crippen molar-refractivity contribution in [2.75, 3.05) is 0 Å². The molecule has 2 nitrogen and oxygen atoms in total. The number of hydrogen-bond acceptors (Lipinski definition) is 1. The van der Waals surface area contributed by atoms with Gasteiger partial charge in [-0.15, -0.1) is 0 Å². The number of hydrogen-bond donors (Lipinski definition) is 1. The number of benzene rings is 2. The maximum atomic E-state index is 12.1. The molecule has 2 rings (SSSR count). The average molecular weight is 288 g/mol. The molecule has 0 aliphatic rings. The van der Waals surface area contributed by atoms with E-state index >= 15 is 0 Å². The van der Waals surface area contributed by atoms with Crippen molar-refractivity contribution in [1.29, 1.82) is 0 Å². The molecule has 0 fully saturated rings. The third kappa shape index (κ3) is 3.61. The van der Waals surface area contributed by atoms with Crippen molar-refractivity contribution in [2.45, 2.75) is 26.3 Å². The molecule has 20 heavy (non-hydrogen) atoms. The Hall–Kier alpha value is -1.80.